The van der Waals surface area contributed by atoms with E-state index in [9.17, 15) is 4.39 Å². The minimum absolute atomic E-state index is 0.274. The molecule has 0 radical (unpaired) electrons. The van der Waals surface area contributed by atoms with E-state index in [1.165, 1.54) is 6.08 Å². The third-order valence-corrected chi connectivity index (χ3v) is 1.71. The second kappa shape index (κ2) is 3.86. The van der Waals surface area contributed by atoms with Gasteiger partial charge in [0, 0.05) is 5.22 Å². The third-order valence-electron chi connectivity index (χ3n) is 1.71. The summed E-state index contributed by atoms with van der Waals surface area (Å²) in [6.45, 7) is 5.27. The van der Waals surface area contributed by atoms with Crippen molar-refractivity contribution >= 4 is 11.9 Å². The van der Waals surface area contributed by atoms with Gasteiger partial charge in [0.25, 0.3) is 0 Å². The summed E-state index contributed by atoms with van der Waals surface area (Å²) in [6, 6.07) is 7.31. The molecule has 0 atom stereocenters. The average molecular weight is 162 g/mol. The van der Waals surface area contributed by atoms with E-state index in [2.05, 4.69) is 6.58 Å². The molecule has 12 heavy (non-hydrogen) atoms. The van der Waals surface area contributed by atoms with Crippen LogP contribution in [0.3, 0.4) is 0 Å². The Hall–Kier alpha value is -1.37. The van der Waals surface area contributed by atoms with E-state index in [-0.39, 0.29) is 5.83 Å². The van der Waals surface area contributed by atoms with Gasteiger partial charge in [0.1, 0.15) is 5.83 Å². The minimum atomic E-state index is -0.274. The van der Waals surface area contributed by atoms with Crippen molar-refractivity contribution in [3.63, 3.8) is 0 Å². The molecule has 0 aromatic heterocycles. The summed E-state index contributed by atoms with van der Waals surface area (Å²) in [5.74, 6) is -0.274. The van der Waals surface area contributed by atoms with Gasteiger partial charge in [-0.25, -0.2) is 4.39 Å². The molecule has 1 aromatic carbocycles. The highest BCUT2D eigenvalue weighted by molar-refractivity contribution is 5.48. The maximum absolute atomic E-state index is 13.1. The molecule has 62 valence electrons. The molecule has 1 heteroatoms. The summed E-state index contributed by atoms with van der Waals surface area (Å²) in [7, 11) is 0. The molecule has 0 saturated heterocycles. The van der Waals surface area contributed by atoms with Crippen molar-refractivity contribution in [2.45, 2.75) is 6.92 Å². The zero-order valence-electron chi connectivity index (χ0n) is 7.05. The summed E-state index contributed by atoms with van der Waals surface area (Å²) in [5, 5.41) is 1.50. The van der Waals surface area contributed by atoms with E-state index in [0.717, 1.165) is 5.22 Å². The Kier molecular flexibility index (Phi) is 2.81. The van der Waals surface area contributed by atoms with Gasteiger partial charge in [-0.1, -0.05) is 36.9 Å². The Labute approximate surface area is 71.4 Å². The van der Waals surface area contributed by atoms with Crippen molar-refractivity contribution in [3.8, 4) is 0 Å². The number of halogens is 1. The highest BCUT2D eigenvalue weighted by atomic mass is 19.1. The molecular weight excluding hydrogens is 151 g/mol. The standard InChI is InChI=1S/C11H11F/c1-3-9-7-5-6-8-10(9)11(12)4-2/h3-8H,2H2,1H3/b9-3-,11-10+. The summed E-state index contributed by atoms with van der Waals surface area (Å²) >= 11 is 0. The monoisotopic (exact) mass is 162 g/mol. The van der Waals surface area contributed by atoms with Crippen LogP contribution in [0.25, 0.3) is 11.9 Å². The maximum Gasteiger partial charge on any atom is 0.130 e. The van der Waals surface area contributed by atoms with Crippen molar-refractivity contribution < 1.29 is 4.39 Å². The predicted molar refractivity (Wildman–Crippen MR) is 50.5 cm³/mol. The van der Waals surface area contributed by atoms with Crippen LogP contribution in [0.5, 0.6) is 0 Å². The van der Waals surface area contributed by atoms with Crippen LogP contribution < -0.4 is 10.4 Å². The molecule has 0 fully saturated rings. The van der Waals surface area contributed by atoms with Gasteiger partial charge in [-0.2, -0.15) is 0 Å². The first-order chi connectivity index (χ1) is 5.79. The third kappa shape index (κ3) is 1.62. The van der Waals surface area contributed by atoms with Gasteiger partial charge in [0.2, 0.25) is 0 Å². The number of hydrogen-bond acceptors (Lipinski definition) is 0. The van der Waals surface area contributed by atoms with Gasteiger partial charge in [0.15, 0.2) is 0 Å². The molecular formula is C11H11F. The summed E-state index contributed by atoms with van der Waals surface area (Å²) in [5.41, 5.74) is 0. The van der Waals surface area contributed by atoms with Gasteiger partial charge in [-0.15, -0.1) is 0 Å². The Morgan fingerprint density at radius 3 is 2.67 bits per heavy atom. The van der Waals surface area contributed by atoms with Gasteiger partial charge >= 0.3 is 0 Å². The first-order valence-electron chi connectivity index (χ1n) is 3.83. The van der Waals surface area contributed by atoms with Crippen LogP contribution in [0.15, 0.2) is 36.9 Å². The van der Waals surface area contributed by atoms with E-state index in [0.29, 0.717) is 5.22 Å². The van der Waals surface area contributed by atoms with Gasteiger partial charge in [0.05, 0.1) is 0 Å². The lowest BCUT2D eigenvalue weighted by Gasteiger charge is -1.89. The van der Waals surface area contributed by atoms with Gasteiger partial charge in [-0.3, -0.25) is 0 Å². The zero-order valence-corrected chi connectivity index (χ0v) is 7.05. The van der Waals surface area contributed by atoms with Crippen molar-refractivity contribution in [2.75, 3.05) is 0 Å². The van der Waals surface area contributed by atoms with E-state index >= 15 is 0 Å². The zero-order chi connectivity index (χ0) is 8.97. The van der Waals surface area contributed by atoms with Crippen LogP contribution in [-0.2, 0) is 0 Å². The summed E-state index contributed by atoms with van der Waals surface area (Å²) < 4.78 is 13.1. The van der Waals surface area contributed by atoms with Crippen LogP contribution in [0, 0.1) is 0 Å². The topological polar surface area (TPSA) is 0 Å². The molecule has 0 saturated carbocycles. The molecule has 0 bridgehead atoms. The van der Waals surface area contributed by atoms with Crippen LogP contribution in [0.1, 0.15) is 6.92 Å². The normalized spacial score (nSPS) is 14.3. The Balaban J connectivity index is 3.65. The predicted octanol–water partition coefficient (Wildman–Crippen LogP) is 1.75. The number of allylic oxidation sites excluding steroid dienone is 1. The van der Waals surface area contributed by atoms with Crippen molar-refractivity contribution in [2.24, 2.45) is 0 Å². The second-order valence-electron chi connectivity index (χ2n) is 2.43. The first kappa shape index (κ1) is 8.72. The molecule has 0 heterocycles. The van der Waals surface area contributed by atoms with Crippen molar-refractivity contribution in [1.29, 1.82) is 0 Å². The fraction of sp³-hybridized carbons (Fsp3) is 0.0909. The molecule has 0 aliphatic rings. The maximum atomic E-state index is 13.1. The Bertz CT molecular complexity index is 388. The molecule has 0 aliphatic heterocycles. The highest BCUT2D eigenvalue weighted by Crippen LogP contribution is 1.91. The number of benzene rings is 1. The second-order valence-corrected chi connectivity index (χ2v) is 2.43. The lowest BCUT2D eigenvalue weighted by Crippen LogP contribution is -2.24. The Morgan fingerprint density at radius 1 is 1.42 bits per heavy atom. The molecule has 1 rings (SSSR count). The number of rotatable bonds is 1. The molecule has 0 unspecified atom stereocenters. The largest absolute Gasteiger partial charge is 0.206 e. The van der Waals surface area contributed by atoms with Gasteiger partial charge in [-0.05, 0) is 18.2 Å². The van der Waals surface area contributed by atoms with Crippen LogP contribution in [-0.4, -0.2) is 0 Å². The van der Waals surface area contributed by atoms with Gasteiger partial charge < -0.3 is 0 Å². The lowest BCUT2D eigenvalue weighted by molar-refractivity contribution is 0.760. The smallest absolute Gasteiger partial charge is 0.130 e. The quantitative estimate of drug-likeness (QED) is 0.590. The fourth-order valence-corrected chi connectivity index (χ4v) is 1.08. The summed E-state index contributed by atoms with van der Waals surface area (Å²) in [4.78, 5) is 0. The Morgan fingerprint density at radius 2 is 2.08 bits per heavy atom. The molecule has 0 spiro atoms. The van der Waals surface area contributed by atoms with Crippen molar-refractivity contribution in [1.82, 2.24) is 0 Å². The fourth-order valence-electron chi connectivity index (χ4n) is 1.08. The van der Waals surface area contributed by atoms with Crippen molar-refractivity contribution in [3.05, 3.63) is 47.4 Å². The highest BCUT2D eigenvalue weighted by Gasteiger charge is 1.89. The average Bonchev–Trinajstić information content (AvgIpc) is 2.16. The van der Waals surface area contributed by atoms with E-state index < -0.39 is 0 Å². The van der Waals surface area contributed by atoms with E-state index in [4.69, 9.17) is 0 Å². The molecule has 0 nitrogen and oxygen atoms in total. The molecule has 0 N–H and O–H groups in total. The molecule has 0 aliphatic carbocycles. The van der Waals surface area contributed by atoms with Crippen LogP contribution in [0.2, 0.25) is 0 Å². The first-order valence-corrected chi connectivity index (χ1v) is 3.83. The van der Waals surface area contributed by atoms with Crippen LogP contribution in [0.4, 0.5) is 4.39 Å². The van der Waals surface area contributed by atoms with Crippen LogP contribution >= 0.6 is 0 Å². The summed E-state index contributed by atoms with van der Waals surface area (Å²) in [6.07, 6.45) is 3.10. The SMILES string of the molecule is C=C/C(F)=c1/cccc/c1=C/C. The molecule has 0 amide bonds. The molecule has 1 aromatic rings. The lowest BCUT2D eigenvalue weighted by atomic mass is 10.2. The van der Waals surface area contributed by atoms with E-state index in [1.54, 1.807) is 6.07 Å². The van der Waals surface area contributed by atoms with E-state index in [1.807, 2.05) is 31.2 Å². The minimum Gasteiger partial charge on any atom is -0.206 e. The number of hydrogen-bond donors (Lipinski definition) is 0.